The number of carbonyl (C=O) groups excluding carboxylic acids is 1. The van der Waals surface area contributed by atoms with Crippen molar-refractivity contribution in [1.82, 2.24) is 14.7 Å². The molecule has 5 heteroatoms. The molecule has 0 spiro atoms. The molecule has 1 aromatic heterocycles. The first-order valence-electron chi connectivity index (χ1n) is 4.98. The summed E-state index contributed by atoms with van der Waals surface area (Å²) in [6.07, 6.45) is 0. The van der Waals surface area contributed by atoms with E-state index in [0.717, 1.165) is 24.6 Å². The monoisotopic (exact) mass is 208 g/mol. The number of aryl methyl sites for hydroxylation is 1. The molecule has 0 aliphatic carbocycles. The molecular formula is C10H16N4O. The highest BCUT2D eigenvalue weighted by molar-refractivity contribution is 5.90. The van der Waals surface area contributed by atoms with E-state index in [-0.39, 0.29) is 5.91 Å². The van der Waals surface area contributed by atoms with Crippen LogP contribution in [-0.4, -0.2) is 34.7 Å². The Bertz CT molecular complexity index is 410. The van der Waals surface area contributed by atoms with Crippen LogP contribution in [0.2, 0.25) is 0 Å². The average Bonchev–Trinajstić information content (AvgIpc) is 2.58. The summed E-state index contributed by atoms with van der Waals surface area (Å²) in [4.78, 5) is 15.2. The number of hydrogen-bond acceptors (Lipinski definition) is 3. The van der Waals surface area contributed by atoms with Crippen LogP contribution in [0, 0.1) is 0 Å². The molecule has 82 valence electrons. The van der Waals surface area contributed by atoms with Gasteiger partial charge in [-0.15, -0.1) is 0 Å². The van der Waals surface area contributed by atoms with Crippen LogP contribution in [-0.2, 0) is 24.9 Å². The lowest BCUT2D eigenvalue weighted by atomic mass is 10.2. The lowest BCUT2D eigenvalue weighted by Crippen LogP contribution is -2.26. The first kappa shape index (κ1) is 10.2. The van der Waals surface area contributed by atoms with Gasteiger partial charge in [-0.1, -0.05) is 0 Å². The summed E-state index contributed by atoms with van der Waals surface area (Å²) >= 11 is 0. The van der Waals surface area contributed by atoms with Gasteiger partial charge in [0.2, 0.25) is 5.91 Å². The second-order valence-corrected chi connectivity index (χ2v) is 4.12. The molecule has 2 rings (SSSR count). The van der Waals surface area contributed by atoms with Crippen LogP contribution in [0.4, 0.5) is 5.82 Å². The van der Waals surface area contributed by atoms with Gasteiger partial charge in [0.05, 0.1) is 5.69 Å². The fourth-order valence-corrected chi connectivity index (χ4v) is 2.05. The van der Waals surface area contributed by atoms with Crippen molar-refractivity contribution in [3.8, 4) is 0 Å². The SMILES string of the molecule is CC(=O)N(C)c1c2c(nn1C)CN(C)C2. The van der Waals surface area contributed by atoms with Crippen molar-refractivity contribution in [2.75, 3.05) is 19.0 Å². The molecule has 0 saturated carbocycles. The highest BCUT2D eigenvalue weighted by Crippen LogP contribution is 2.29. The van der Waals surface area contributed by atoms with Crippen molar-refractivity contribution in [1.29, 1.82) is 0 Å². The van der Waals surface area contributed by atoms with Crippen LogP contribution in [0.3, 0.4) is 0 Å². The maximum atomic E-state index is 11.3. The Morgan fingerprint density at radius 2 is 2.07 bits per heavy atom. The molecule has 0 aromatic carbocycles. The van der Waals surface area contributed by atoms with Gasteiger partial charge in [0.25, 0.3) is 0 Å². The number of fused-ring (bicyclic) bond motifs is 1. The molecular weight excluding hydrogens is 192 g/mol. The molecule has 0 atom stereocenters. The molecule has 0 N–H and O–H groups in total. The topological polar surface area (TPSA) is 41.4 Å². The molecule has 0 unspecified atom stereocenters. The minimum atomic E-state index is 0.0374. The van der Waals surface area contributed by atoms with Gasteiger partial charge in [-0.3, -0.25) is 14.4 Å². The van der Waals surface area contributed by atoms with Crippen LogP contribution in [0.1, 0.15) is 18.2 Å². The standard InChI is InChI=1S/C10H16N4O/c1-7(15)13(3)10-8-5-12(2)6-9(8)11-14(10)4/h5-6H2,1-4H3. The van der Waals surface area contributed by atoms with E-state index in [1.807, 2.05) is 7.05 Å². The Morgan fingerprint density at radius 3 is 2.67 bits per heavy atom. The molecule has 2 heterocycles. The van der Waals surface area contributed by atoms with Gasteiger partial charge in [0.15, 0.2) is 0 Å². The van der Waals surface area contributed by atoms with Crippen LogP contribution < -0.4 is 4.90 Å². The molecule has 1 aromatic rings. The molecule has 5 nitrogen and oxygen atoms in total. The van der Waals surface area contributed by atoms with Crippen LogP contribution in [0.25, 0.3) is 0 Å². The quantitative estimate of drug-likeness (QED) is 0.668. The summed E-state index contributed by atoms with van der Waals surface area (Å²) in [6.45, 7) is 3.31. The smallest absolute Gasteiger partial charge is 0.224 e. The zero-order valence-corrected chi connectivity index (χ0v) is 9.61. The van der Waals surface area contributed by atoms with Crippen LogP contribution in [0.15, 0.2) is 0 Å². The molecule has 1 amide bonds. The zero-order chi connectivity index (χ0) is 11.2. The predicted molar refractivity (Wildman–Crippen MR) is 57.5 cm³/mol. The van der Waals surface area contributed by atoms with Crippen LogP contribution in [0.5, 0.6) is 0 Å². The number of amides is 1. The molecule has 0 saturated heterocycles. The molecule has 0 bridgehead atoms. The fraction of sp³-hybridized carbons (Fsp3) is 0.600. The largest absolute Gasteiger partial charge is 0.300 e. The Labute approximate surface area is 89.3 Å². The Kier molecular flexibility index (Phi) is 2.26. The maximum Gasteiger partial charge on any atom is 0.224 e. The molecule has 1 aliphatic heterocycles. The third-order valence-corrected chi connectivity index (χ3v) is 2.83. The lowest BCUT2D eigenvalue weighted by Gasteiger charge is -2.17. The molecule has 0 fully saturated rings. The minimum Gasteiger partial charge on any atom is -0.300 e. The summed E-state index contributed by atoms with van der Waals surface area (Å²) in [5.74, 6) is 0.956. The predicted octanol–water partition coefficient (Wildman–Crippen LogP) is 0.348. The number of anilines is 1. The van der Waals surface area contributed by atoms with E-state index in [2.05, 4.69) is 17.0 Å². The third-order valence-electron chi connectivity index (χ3n) is 2.83. The first-order chi connectivity index (χ1) is 7.00. The lowest BCUT2D eigenvalue weighted by molar-refractivity contribution is -0.116. The van der Waals surface area contributed by atoms with Gasteiger partial charge in [-0.2, -0.15) is 5.10 Å². The second kappa shape index (κ2) is 3.34. The van der Waals surface area contributed by atoms with Crippen LogP contribution >= 0.6 is 0 Å². The van der Waals surface area contributed by atoms with E-state index in [1.165, 1.54) is 5.56 Å². The Balaban J connectivity index is 2.44. The summed E-state index contributed by atoms with van der Waals surface area (Å²) < 4.78 is 1.79. The maximum absolute atomic E-state index is 11.3. The number of aromatic nitrogens is 2. The van der Waals surface area contributed by atoms with E-state index in [4.69, 9.17) is 0 Å². The summed E-state index contributed by atoms with van der Waals surface area (Å²) in [6, 6.07) is 0. The van der Waals surface area contributed by atoms with E-state index >= 15 is 0 Å². The normalized spacial score (nSPS) is 15.5. The van der Waals surface area contributed by atoms with Crippen molar-refractivity contribution in [3.05, 3.63) is 11.3 Å². The summed E-state index contributed by atoms with van der Waals surface area (Å²) in [7, 11) is 5.73. The number of carbonyl (C=O) groups is 1. The van der Waals surface area contributed by atoms with Gasteiger partial charge in [-0.05, 0) is 7.05 Å². The highest BCUT2D eigenvalue weighted by atomic mass is 16.2. The van der Waals surface area contributed by atoms with E-state index < -0.39 is 0 Å². The van der Waals surface area contributed by atoms with Crippen molar-refractivity contribution in [3.63, 3.8) is 0 Å². The Hall–Kier alpha value is -1.36. The molecule has 15 heavy (non-hydrogen) atoms. The molecule has 1 aliphatic rings. The summed E-state index contributed by atoms with van der Waals surface area (Å²) in [5.41, 5.74) is 2.26. The van der Waals surface area contributed by atoms with E-state index in [1.54, 1.807) is 23.6 Å². The van der Waals surface area contributed by atoms with E-state index in [9.17, 15) is 4.79 Å². The zero-order valence-electron chi connectivity index (χ0n) is 9.61. The van der Waals surface area contributed by atoms with Gasteiger partial charge < -0.3 is 4.90 Å². The number of nitrogens with zero attached hydrogens (tertiary/aromatic N) is 4. The van der Waals surface area contributed by atoms with Gasteiger partial charge in [0, 0.05) is 39.7 Å². The minimum absolute atomic E-state index is 0.0374. The van der Waals surface area contributed by atoms with Crippen molar-refractivity contribution in [2.45, 2.75) is 20.0 Å². The van der Waals surface area contributed by atoms with Gasteiger partial charge in [0.1, 0.15) is 5.82 Å². The fourth-order valence-electron chi connectivity index (χ4n) is 2.05. The van der Waals surface area contributed by atoms with Crippen molar-refractivity contribution < 1.29 is 4.79 Å². The Morgan fingerprint density at radius 1 is 1.40 bits per heavy atom. The van der Waals surface area contributed by atoms with Crippen molar-refractivity contribution >= 4 is 11.7 Å². The average molecular weight is 208 g/mol. The summed E-state index contributed by atoms with van der Waals surface area (Å²) in [5, 5.41) is 4.43. The first-order valence-corrected chi connectivity index (χ1v) is 4.98. The third kappa shape index (κ3) is 1.52. The molecule has 0 radical (unpaired) electrons. The second-order valence-electron chi connectivity index (χ2n) is 4.12. The number of hydrogen-bond donors (Lipinski definition) is 0. The van der Waals surface area contributed by atoms with Gasteiger partial charge >= 0.3 is 0 Å². The van der Waals surface area contributed by atoms with E-state index in [0.29, 0.717) is 0 Å². The van der Waals surface area contributed by atoms with Gasteiger partial charge in [-0.25, -0.2) is 0 Å². The van der Waals surface area contributed by atoms with Crippen molar-refractivity contribution in [2.24, 2.45) is 7.05 Å². The number of rotatable bonds is 1. The highest BCUT2D eigenvalue weighted by Gasteiger charge is 2.27.